The Morgan fingerprint density at radius 3 is 2.57 bits per heavy atom. The third kappa shape index (κ3) is 3.31. The molecule has 1 aromatic rings. The summed E-state index contributed by atoms with van der Waals surface area (Å²) in [5.74, 6) is -0.451. The summed E-state index contributed by atoms with van der Waals surface area (Å²) in [5, 5.41) is 8.95. The number of ether oxygens (including phenoxy) is 1. The van der Waals surface area contributed by atoms with Crippen LogP contribution in [0.4, 0.5) is 0 Å². The van der Waals surface area contributed by atoms with Gasteiger partial charge >= 0.3 is 11.8 Å². The van der Waals surface area contributed by atoms with E-state index in [1.165, 1.54) is 9.80 Å². The normalized spacial score (nSPS) is 15.0. The average molecular weight is 287 g/mol. The molecule has 6 nitrogen and oxygen atoms in total. The summed E-state index contributed by atoms with van der Waals surface area (Å²) < 4.78 is 5.53. The van der Waals surface area contributed by atoms with Crippen LogP contribution in [0.5, 0.6) is 5.75 Å². The molecular formula is C15H17N3O3. The summed E-state index contributed by atoms with van der Waals surface area (Å²) >= 11 is 0. The Morgan fingerprint density at radius 2 is 1.86 bits per heavy atom. The molecule has 21 heavy (non-hydrogen) atoms. The molecule has 0 N–H and O–H groups in total. The fraction of sp³-hybridized carbons (Fsp3) is 0.400. The van der Waals surface area contributed by atoms with Crippen molar-refractivity contribution in [3.8, 4) is 11.8 Å². The van der Waals surface area contributed by atoms with E-state index in [1.54, 1.807) is 24.3 Å². The number of carbonyl (C=O) groups excluding carboxylic acids is 2. The molecular weight excluding hydrogens is 270 g/mol. The predicted octanol–water partition coefficient (Wildman–Crippen LogP) is 0.628. The van der Waals surface area contributed by atoms with Crippen LogP contribution in [0.1, 0.15) is 12.5 Å². The highest BCUT2D eigenvalue weighted by molar-refractivity contribution is 6.35. The first-order chi connectivity index (χ1) is 10.2. The summed E-state index contributed by atoms with van der Waals surface area (Å²) in [5.41, 5.74) is 0.454. The first-order valence-electron chi connectivity index (χ1n) is 6.87. The topological polar surface area (TPSA) is 73.6 Å². The summed E-state index contributed by atoms with van der Waals surface area (Å²) in [7, 11) is 0. The highest BCUT2D eigenvalue weighted by atomic mass is 16.5. The van der Waals surface area contributed by atoms with E-state index >= 15 is 0 Å². The van der Waals surface area contributed by atoms with Crippen LogP contribution in [0.2, 0.25) is 0 Å². The van der Waals surface area contributed by atoms with Crippen LogP contribution < -0.4 is 4.74 Å². The fourth-order valence-corrected chi connectivity index (χ4v) is 2.18. The van der Waals surface area contributed by atoms with Gasteiger partial charge < -0.3 is 14.5 Å². The molecule has 1 fully saturated rings. The number of likely N-dealkylation sites (N-methyl/N-ethyl adjacent to an activating group) is 1. The highest BCUT2D eigenvalue weighted by Crippen LogP contribution is 2.16. The molecule has 1 aliphatic heterocycles. The number of nitriles is 1. The maximum absolute atomic E-state index is 11.9. The van der Waals surface area contributed by atoms with Crippen LogP contribution in [0, 0.1) is 11.3 Å². The molecule has 0 aliphatic carbocycles. The molecule has 2 rings (SSSR count). The predicted molar refractivity (Wildman–Crippen MR) is 75.5 cm³/mol. The fourth-order valence-electron chi connectivity index (χ4n) is 2.18. The zero-order chi connectivity index (χ0) is 15.2. The zero-order valence-corrected chi connectivity index (χ0v) is 11.9. The van der Waals surface area contributed by atoms with E-state index in [0.717, 1.165) is 0 Å². The number of hydrogen-bond acceptors (Lipinski definition) is 4. The van der Waals surface area contributed by atoms with E-state index in [-0.39, 0.29) is 6.61 Å². The van der Waals surface area contributed by atoms with Gasteiger partial charge in [0.05, 0.1) is 12.1 Å². The van der Waals surface area contributed by atoms with Crippen molar-refractivity contribution in [2.24, 2.45) is 0 Å². The van der Waals surface area contributed by atoms with Gasteiger partial charge in [-0.15, -0.1) is 0 Å². The Balaban J connectivity index is 1.88. The van der Waals surface area contributed by atoms with Crippen molar-refractivity contribution in [3.05, 3.63) is 29.8 Å². The van der Waals surface area contributed by atoms with Gasteiger partial charge in [0.25, 0.3) is 0 Å². The van der Waals surface area contributed by atoms with Crippen molar-refractivity contribution < 1.29 is 14.3 Å². The molecule has 1 aromatic carbocycles. The Labute approximate surface area is 123 Å². The summed E-state index contributed by atoms with van der Waals surface area (Å²) in [6, 6.07) is 8.97. The molecule has 110 valence electrons. The van der Waals surface area contributed by atoms with Gasteiger partial charge in [-0.05, 0) is 19.1 Å². The van der Waals surface area contributed by atoms with Crippen molar-refractivity contribution in [2.45, 2.75) is 6.92 Å². The monoisotopic (exact) mass is 287 g/mol. The molecule has 1 heterocycles. The van der Waals surface area contributed by atoms with Crippen LogP contribution >= 0.6 is 0 Å². The number of piperazine rings is 1. The van der Waals surface area contributed by atoms with Crippen LogP contribution in [0.25, 0.3) is 0 Å². The lowest BCUT2D eigenvalue weighted by Gasteiger charge is -2.32. The number of carbonyl (C=O) groups is 2. The standard InChI is InChI=1S/C15H17N3O3/c1-2-17-7-8-18(15(20)14(17)19)9-10-21-13-6-4-3-5-12(13)11-16/h3-6H,2,7-10H2,1H3. The van der Waals surface area contributed by atoms with Gasteiger partial charge in [0, 0.05) is 19.6 Å². The second-order valence-corrected chi connectivity index (χ2v) is 4.63. The van der Waals surface area contributed by atoms with E-state index in [4.69, 9.17) is 10.00 Å². The number of rotatable bonds is 5. The van der Waals surface area contributed by atoms with Crippen LogP contribution in [-0.2, 0) is 9.59 Å². The van der Waals surface area contributed by atoms with Gasteiger partial charge in [-0.25, -0.2) is 0 Å². The lowest BCUT2D eigenvalue weighted by atomic mass is 10.2. The summed E-state index contributed by atoms with van der Waals surface area (Å²) in [6.45, 7) is 4.05. The Kier molecular flexibility index (Phi) is 4.77. The third-order valence-corrected chi connectivity index (χ3v) is 3.41. The van der Waals surface area contributed by atoms with Gasteiger partial charge in [0.15, 0.2) is 0 Å². The Hall–Kier alpha value is -2.55. The van der Waals surface area contributed by atoms with Gasteiger partial charge in [-0.2, -0.15) is 5.26 Å². The van der Waals surface area contributed by atoms with Gasteiger partial charge in [-0.1, -0.05) is 12.1 Å². The molecule has 0 aromatic heterocycles. The molecule has 1 aliphatic rings. The molecule has 0 radical (unpaired) electrons. The quantitative estimate of drug-likeness (QED) is 0.744. The molecule has 1 saturated heterocycles. The highest BCUT2D eigenvalue weighted by Gasteiger charge is 2.31. The van der Waals surface area contributed by atoms with E-state index < -0.39 is 11.8 Å². The van der Waals surface area contributed by atoms with Crippen molar-refractivity contribution in [2.75, 3.05) is 32.8 Å². The second kappa shape index (κ2) is 6.75. The van der Waals surface area contributed by atoms with E-state index in [1.807, 2.05) is 13.0 Å². The van der Waals surface area contributed by atoms with E-state index in [0.29, 0.717) is 37.5 Å². The summed E-state index contributed by atoms with van der Waals surface area (Å²) in [6.07, 6.45) is 0. The largest absolute Gasteiger partial charge is 0.490 e. The number of benzene rings is 1. The van der Waals surface area contributed by atoms with Crippen LogP contribution in [0.15, 0.2) is 24.3 Å². The van der Waals surface area contributed by atoms with E-state index in [2.05, 4.69) is 0 Å². The zero-order valence-electron chi connectivity index (χ0n) is 11.9. The number of para-hydroxylation sites is 1. The SMILES string of the molecule is CCN1CCN(CCOc2ccccc2C#N)C(=O)C1=O. The first-order valence-corrected chi connectivity index (χ1v) is 6.87. The molecule has 0 atom stereocenters. The minimum absolute atomic E-state index is 0.254. The Morgan fingerprint density at radius 1 is 1.19 bits per heavy atom. The molecule has 2 amide bonds. The third-order valence-electron chi connectivity index (χ3n) is 3.41. The first kappa shape index (κ1) is 14.9. The second-order valence-electron chi connectivity index (χ2n) is 4.63. The van der Waals surface area contributed by atoms with Gasteiger partial charge in [0.1, 0.15) is 18.4 Å². The van der Waals surface area contributed by atoms with Crippen molar-refractivity contribution in [1.29, 1.82) is 5.26 Å². The minimum atomic E-state index is -0.486. The molecule has 6 heteroatoms. The molecule has 0 bridgehead atoms. The summed E-state index contributed by atoms with van der Waals surface area (Å²) in [4.78, 5) is 26.7. The molecule has 0 spiro atoms. The van der Waals surface area contributed by atoms with E-state index in [9.17, 15) is 9.59 Å². The van der Waals surface area contributed by atoms with Crippen molar-refractivity contribution in [1.82, 2.24) is 9.80 Å². The van der Waals surface area contributed by atoms with Gasteiger partial charge in [-0.3, -0.25) is 9.59 Å². The Bertz CT molecular complexity index is 580. The minimum Gasteiger partial charge on any atom is -0.490 e. The van der Waals surface area contributed by atoms with Gasteiger partial charge in [0.2, 0.25) is 0 Å². The average Bonchev–Trinajstić information content (AvgIpc) is 2.52. The van der Waals surface area contributed by atoms with Crippen LogP contribution in [0.3, 0.4) is 0 Å². The maximum atomic E-state index is 11.9. The van der Waals surface area contributed by atoms with Crippen molar-refractivity contribution >= 4 is 11.8 Å². The number of amides is 2. The van der Waals surface area contributed by atoms with Crippen LogP contribution in [-0.4, -0.2) is 54.4 Å². The smallest absolute Gasteiger partial charge is 0.312 e. The number of hydrogen-bond donors (Lipinski definition) is 0. The lowest BCUT2D eigenvalue weighted by molar-refractivity contribution is -0.156. The maximum Gasteiger partial charge on any atom is 0.312 e. The molecule has 0 unspecified atom stereocenters. The number of nitrogens with zero attached hydrogens (tertiary/aromatic N) is 3. The molecule has 0 saturated carbocycles. The lowest BCUT2D eigenvalue weighted by Crippen LogP contribution is -2.54. The van der Waals surface area contributed by atoms with Crippen molar-refractivity contribution in [3.63, 3.8) is 0 Å².